The third-order valence-electron chi connectivity index (χ3n) is 2.04. The Balaban J connectivity index is -0.000000124. The van der Waals surface area contributed by atoms with Crippen molar-refractivity contribution in [2.45, 2.75) is 37.7 Å². The molecule has 0 aromatic carbocycles. The Kier molecular flexibility index (Phi) is 18.9. The fourth-order valence-electron chi connectivity index (χ4n) is 1.32. The van der Waals surface area contributed by atoms with Crippen molar-refractivity contribution in [3.05, 3.63) is 0 Å². The molecule has 0 saturated carbocycles. The number of hydrogen-bond acceptors (Lipinski definition) is 6. The van der Waals surface area contributed by atoms with Gasteiger partial charge in [0.2, 0.25) is 0 Å². The van der Waals surface area contributed by atoms with Gasteiger partial charge >= 0.3 is 30.5 Å². The van der Waals surface area contributed by atoms with E-state index in [0.717, 1.165) is 0 Å². The van der Waals surface area contributed by atoms with Crippen LogP contribution in [0.5, 0.6) is 0 Å². The van der Waals surface area contributed by atoms with Crippen LogP contribution in [0.1, 0.15) is 26.7 Å². The largest absolute Gasteiger partial charge is 3.00 e. The Morgan fingerprint density at radius 2 is 0.875 bits per heavy atom. The van der Waals surface area contributed by atoms with E-state index < -0.39 is 32.4 Å². The topological polar surface area (TPSA) is 68.3 Å². The van der Waals surface area contributed by atoms with Crippen LogP contribution >= 0.6 is 0 Å². The Morgan fingerprint density at radius 1 is 0.708 bits per heavy atom. The minimum Gasteiger partial charge on any atom is -0.416 e. The van der Waals surface area contributed by atoms with Crippen molar-refractivity contribution < 1.29 is 67.1 Å². The monoisotopic (exact) mass is 498 g/mol. The van der Waals surface area contributed by atoms with Gasteiger partial charge < -0.3 is 21.3 Å². The predicted octanol–water partition coefficient (Wildman–Crippen LogP) is 3.51. The molecule has 14 heteroatoms. The number of rotatable bonds is 4. The van der Waals surface area contributed by atoms with Crippen LogP contribution in [0.15, 0.2) is 0 Å². The molecule has 0 unspecified atom stereocenters. The molecule has 0 aliphatic rings. The molecule has 149 valence electrons. The van der Waals surface area contributed by atoms with Gasteiger partial charge in [-0.1, -0.05) is 13.8 Å². The van der Waals surface area contributed by atoms with Crippen molar-refractivity contribution >= 4 is 21.4 Å². The molecule has 0 rings (SSSR count). The molecule has 0 amide bonds. The van der Waals surface area contributed by atoms with E-state index in [1.165, 1.54) is 30.4 Å². The van der Waals surface area contributed by atoms with E-state index in [4.69, 9.17) is 16.8 Å². The van der Waals surface area contributed by atoms with Gasteiger partial charge in [-0.15, -0.1) is 0 Å². The fraction of sp³-hybridized carbons (Fsp3) is 1.00. The zero-order chi connectivity index (χ0) is 19.5. The molecule has 5 nitrogen and oxygen atoms in total. The maximum absolute atomic E-state index is 10.6. The molecule has 0 fully saturated rings. The second-order valence-corrected chi connectivity index (χ2v) is 6.61. The number of quaternary nitrogens is 1. The number of hydrogen-bond donors (Lipinski definition) is 0. The maximum Gasteiger partial charge on any atom is 3.00 e. The molecule has 1 radical (unpaired) electrons. The zero-order valence-electron chi connectivity index (χ0n) is 13.3. The van der Waals surface area contributed by atoms with E-state index in [1.54, 1.807) is 0 Å². The summed E-state index contributed by atoms with van der Waals surface area (Å²) in [6.07, 6.45) is 2.60. The molecule has 0 aliphatic carbocycles. The molecule has 0 aromatic heterocycles. The maximum atomic E-state index is 10.6. The quantitative estimate of drug-likeness (QED) is 0.258. The minimum atomic E-state index is -5.08. The van der Waals surface area contributed by atoms with Crippen LogP contribution in [-0.2, 0) is 57.7 Å². The Hall–Kier alpha value is 0.0634. The molecule has 0 saturated heterocycles. The SMILES string of the molecule is CCC[N+](C)(C)CCC.O=[S-](=O)C(F)(F)F.O=[S-](=O)C(F)(F)F.[Ru+3]. The molecular formula is C10H20F6NO4RuS2+2. The summed E-state index contributed by atoms with van der Waals surface area (Å²) in [5, 5.41) is 0. The van der Waals surface area contributed by atoms with Crippen molar-refractivity contribution in [2.75, 3.05) is 27.2 Å². The third kappa shape index (κ3) is 24.3. The van der Waals surface area contributed by atoms with E-state index in [-0.39, 0.29) is 19.5 Å². The Morgan fingerprint density at radius 3 is 0.958 bits per heavy atom. The minimum absolute atomic E-state index is 0. The summed E-state index contributed by atoms with van der Waals surface area (Å²) in [6.45, 7) is 7.12. The van der Waals surface area contributed by atoms with Crippen molar-refractivity contribution in [1.82, 2.24) is 0 Å². The molecular weight excluding hydrogens is 477 g/mol. The van der Waals surface area contributed by atoms with Crippen LogP contribution in [0.3, 0.4) is 0 Å². The van der Waals surface area contributed by atoms with Crippen LogP contribution in [0.25, 0.3) is 0 Å². The van der Waals surface area contributed by atoms with Gasteiger partial charge in [-0.3, -0.25) is 0 Å². The average Bonchev–Trinajstić information content (AvgIpc) is 2.27. The van der Waals surface area contributed by atoms with Gasteiger partial charge in [0, 0.05) is 21.4 Å². The molecule has 0 spiro atoms. The summed E-state index contributed by atoms with van der Waals surface area (Å²) < 4.78 is 100. The first kappa shape index (κ1) is 31.8. The van der Waals surface area contributed by atoms with Gasteiger partial charge in [-0.05, 0) is 12.8 Å². The molecule has 0 heterocycles. The number of nitrogens with zero attached hydrogens (tertiary/aromatic N) is 1. The van der Waals surface area contributed by atoms with E-state index in [0.29, 0.717) is 0 Å². The summed E-state index contributed by atoms with van der Waals surface area (Å²) >= 11 is 0. The predicted molar refractivity (Wildman–Crippen MR) is 72.0 cm³/mol. The second kappa shape index (κ2) is 14.3. The number of alkyl halides is 6. The third-order valence-corrected chi connectivity index (χ3v) is 2.79. The standard InChI is InChI=1S/C8H20N.2CF3O2S.Ru/c1-5-7-9(3,4)8-6-2;2*2-1(3,4)7(5)6;/h5-8H2,1-4H3;;;/q+1;2*-1;+3. The van der Waals surface area contributed by atoms with Crippen molar-refractivity contribution in [3.8, 4) is 0 Å². The van der Waals surface area contributed by atoms with Gasteiger partial charge in [0.05, 0.1) is 27.2 Å². The van der Waals surface area contributed by atoms with Crippen LogP contribution < -0.4 is 0 Å². The van der Waals surface area contributed by atoms with E-state index in [9.17, 15) is 26.3 Å². The molecule has 0 atom stereocenters. The van der Waals surface area contributed by atoms with Crippen molar-refractivity contribution in [1.29, 1.82) is 0 Å². The molecule has 24 heavy (non-hydrogen) atoms. The first-order valence-electron chi connectivity index (χ1n) is 6.15. The summed E-state index contributed by atoms with van der Waals surface area (Å²) in [5.41, 5.74) is -10.2. The first-order chi connectivity index (χ1) is 10.0. The van der Waals surface area contributed by atoms with Crippen LogP contribution in [0.2, 0.25) is 0 Å². The fourth-order valence-corrected chi connectivity index (χ4v) is 1.32. The van der Waals surface area contributed by atoms with Crippen LogP contribution in [0, 0.1) is 0 Å². The van der Waals surface area contributed by atoms with E-state index >= 15 is 0 Å². The van der Waals surface area contributed by atoms with Gasteiger partial charge in [0.25, 0.3) is 0 Å². The van der Waals surface area contributed by atoms with Gasteiger partial charge in [-0.25, -0.2) is 0 Å². The summed E-state index contributed by atoms with van der Waals surface area (Å²) in [6, 6.07) is 0. The van der Waals surface area contributed by atoms with Gasteiger partial charge in [0.15, 0.2) is 0 Å². The van der Waals surface area contributed by atoms with Crippen LogP contribution in [-0.4, -0.2) is 42.7 Å². The molecule has 0 aliphatic heterocycles. The molecule has 0 bridgehead atoms. The zero-order valence-corrected chi connectivity index (χ0v) is 16.7. The van der Waals surface area contributed by atoms with Gasteiger partial charge in [0.1, 0.15) is 0 Å². The Bertz CT molecular complexity index is 405. The average molecular weight is 497 g/mol. The second-order valence-electron chi connectivity index (χ2n) is 4.74. The van der Waals surface area contributed by atoms with Crippen molar-refractivity contribution in [3.63, 3.8) is 0 Å². The smallest absolute Gasteiger partial charge is 0.416 e. The Labute approximate surface area is 153 Å². The van der Waals surface area contributed by atoms with E-state index in [2.05, 4.69) is 27.9 Å². The van der Waals surface area contributed by atoms with E-state index in [1.807, 2.05) is 0 Å². The van der Waals surface area contributed by atoms with Crippen LogP contribution in [0.4, 0.5) is 26.3 Å². The first-order valence-corrected chi connectivity index (χ1v) is 8.30. The normalized spacial score (nSPS) is 11.8. The summed E-state index contributed by atoms with van der Waals surface area (Å²) in [4.78, 5) is 0. The molecule has 0 N–H and O–H groups in total. The van der Waals surface area contributed by atoms with Gasteiger partial charge in [-0.2, -0.15) is 26.3 Å². The summed E-state index contributed by atoms with van der Waals surface area (Å²) in [7, 11) is -3.27. The summed E-state index contributed by atoms with van der Waals surface area (Å²) in [5.74, 6) is 0. The van der Waals surface area contributed by atoms with Crippen molar-refractivity contribution in [2.24, 2.45) is 0 Å². The molecule has 0 aromatic rings. The number of halogens is 6.